The molecular weight excluding hydrogens is 223 g/mol. The van der Waals surface area contributed by atoms with Crippen molar-refractivity contribution in [3.05, 3.63) is 12.7 Å². The van der Waals surface area contributed by atoms with Gasteiger partial charge in [0.05, 0.1) is 0 Å². The van der Waals surface area contributed by atoms with E-state index in [2.05, 4.69) is 35.2 Å². The van der Waals surface area contributed by atoms with Gasteiger partial charge in [0.15, 0.2) is 0 Å². The van der Waals surface area contributed by atoms with Gasteiger partial charge in [-0.05, 0) is 31.6 Å². The molecule has 0 saturated heterocycles. The maximum absolute atomic E-state index is 3.81. The Bertz CT molecular complexity index is 90.7. The maximum Gasteiger partial charge on any atom is 0.0110 e. The van der Waals surface area contributed by atoms with Crippen LogP contribution in [0.2, 0.25) is 0 Å². The molecule has 0 aromatic rings. The van der Waals surface area contributed by atoms with Crippen LogP contribution >= 0.6 is 22.6 Å². The van der Waals surface area contributed by atoms with Gasteiger partial charge < -0.3 is 0 Å². The monoisotopic (exact) mass is 236 g/mol. The molecule has 52 valence electrons. The average Bonchev–Trinajstić information content (AvgIpc) is 1.90. The van der Waals surface area contributed by atoms with E-state index in [4.69, 9.17) is 0 Å². The van der Waals surface area contributed by atoms with E-state index < -0.39 is 0 Å². The molecule has 0 nitrogen and oxygen atoms in total. The van der Waals surface area contributed by atoms with E-state index in [0.29, 0.717) is 0 Å². The maximum atomic E-state index is 3.81. The molecule has 1 rings (SSSR count). The molecule has 0 aromatic heterocycles. The first-order chi connectivity index (χ1) is 4.33. The molecule has 0 heterocycles. The van der Waals surface area contributed by atoms with Crippen molar-refractivity contribution in [1.29, 1.82) is 0 Å². The predicted molar refractivity (Wildman–Crippen MR) is 50.0 cm³/mol. The summed E-state index contributed by atoms with van der Waals surface area (Å²) in [7, 11) is 0. The second-order valence-corrected chi connectivity index (χ2v) is 4.51. The molecule has 1 saturated carbocycles. The summed E-state index contributed by atoms with van der Waals surface area (Å²) < 4.78 is 0.943. The highest BCUT2D eigenvalue weighted by Crippen LogP contribution is 2.29. The first kappa shape index (κ1) is 7.58. The lowest BCUT2D eigenvalue weighted by molar-refractivity contribution is 0.437. The van der Waals surface area contributed by atoms with Gasteiger partial charge in [0.1, 0.15) is 0 Å². The van der Waals surface area contributed by atoms with Gasteiger partial charge in [-0.3, -0.25) is 0 Å². The molecule has 0 aliphatic heterocycles. The van der Waals surface area contributed by atoms with Crippen molar-refractivity contribution in [3.63, 3.8) is 0 Å². The summed E-state index contributed by atoms with van der Waals surface area (Å²) in [5, 5.41) is 0. The highest BCUT2D eigenvalue weighted by Gasteiger charge is 2.15. The molecule has 0 N–H and O–H groups in total. The molecule has 1 aliphatic rings. The van der Waals surface area contributed by atoms with Crippen molar-refractivity contribution in [2.45, 2.75) is 29.6 Å². The second kappa shape index (κ2) is 3.59. The molecular formula is C8H13I. The van der Waals surface area contributed by atoms with Crippen LogP contribution in [0.4, 0.5) is 0 Å². The van der Waals surface area contributed by atoms with Crippen LogP contribution in [-0.4, -0.2) is 3.92 Å². The van der Waals surface area contributed by atoms with Gasteiger partial charge in [0.25, 0.3) is 0 Å². The fourth-order valence-electron chi connectivity index (χ4n) is 1.31. The normalized spacial score (nSPS) is 36.1. The highest BCUT2D eigenvalue weighted by molar-refractivity contribution is 14.1. The average molecular weight is 236 g/mol. The third-order valence-electron chi connectivity index (χ3n) is 2.03. The van der Waals surface area contributed by atoms with Crippen LogP contribution in [0, 0.1) is 5.92 Å². The molecule has 0 spiro atoms. The van der Waals surface area contributed by atoms with Crippen LogP contribution in [0.15, 0.2) is 12.7 Å². The molecule has 1 heteroatoms. The molecule has 0 aromatic carbocycles. The largest absolute Gasteiger partial charge is 0.103 e. The minimum atomic E-state index is 0.830. The van der Waals surface area contributed by atoms with Crippen molar-refractivity contribution < 1.29 is 0 Å². The van der Waals surface area contributed by atoms with E-state index in [1.54, 1.807) is 0 Å². The molecule has 0 amide bonds. The standard InChI is InChI=1S/C8H13I/c1-2-7-3-5-8(9)6-4-7/h2,7-8H,1,3-6H2. The van der Waals surface area contributed by atoms with E-state index in [1.165, 1.54) is 25.7 Å². The third kappa shape index (κ3) is 2.28. The van der Waals surface area contributed by atoms with Gasteiger partial charge in [-0.2, -0.15) is 0 Å². The predicted octanol–water partition coefficient (Wildman–Crippen LogP) is 3.17. The fraction of sp³-hybridized carbons (Fsp3) is 0.750. The van der Waals surface area contributed by atoms with Gasteiger partial charge in [-0.1, -0.05) is 28.7 Å². The minimum absolute atomic E-state index is 0.830. The Morgan fingerprint density at radius 2 is 1.78 bits per heavy atom. The molecule has 9 heavy (non-hydrogen) atoms. The van der Waals surface area contributed by atoms with E-state index in [-0.39, 0.29) is 0 Å². The summed E-state index contributed by atoms with van der Waals surface area (Å²) in [6.45, 7) is 3.81. The molecule has 0 atom stereocenters. The highest BCUT2D eigenvalue weighted by atomic mass is 127. The lowest BCUT2D eigenvalue weighted by Gasteiger charge is -2.21. The van der Waals surface area contributed by atoms with Gasteiger partial charge in [0.2, 0.25) is 0 Å². The van der Waals surface area contributed by atoms with Crippen molar-refractivity contribution in [2.24, 2.45) is 5.92 Å². The Morgan fingerprint density at radius 1 is 1.22 bits per heavy atom. The summed E-state index contributed by atoms with van der Waals surface area (Å²) in [5.41, 5.74) is 0. The number of halogens is 1. The number of rotatable bonds is 1. The van der Waals surface area contributed by atoms with Gasteiger partial charge in [0, 0.05) is 3.92 Å². The summed E-state index contributed by atoms with van der Waals surface area (Å²) in [6, 6.07) is 0. The second-order valence-electron chi connectivity index (χ2n) is 2.75. The van der Waals surface area contributed by atoms with E-state index in [0.717, 1.165) is 9.84 Å². The zero-order valence-corrected chi connectivity index (χ0v) is 7.80. The van der Waals surface area contributed by atoms with Crippen molar-refractivity contribution in [2.75, 3.05) is 0 Å². The van der Waals surface area contributed by atoms with Crippen molar-refractivity contribution >= 4 is 22.6 Å². The van der Waals surface area contributed by atoms with Crippen LogP contribution in [0.1, 0.15) is 25.7 Å². The topological polar surface area (TPSA) is 0 Å². The molecule has 1 fully saturated rings. The van der Waals surface area contributed by atoms with E-state index >= 15 is 0 Å². The van der Waals surface area contributed by atoms with Crippen LogP contribution in [0.25, 0.3) is 0 Å². The number of alkyl halides is 1. The van der Waals surface area contributed by atoms with Crippen LogP contribution in [0.3, 0.4) is 0 Å². The van der Waals surface area contributed by atoms with E-state index in [9.17, 15) is 0 Å². The van der Waals surface area contributed by atoms with Gasteiger partial charge >= 0.3 is 0 Å². The van der Waals surface area contributed by atoms with Crippen LogP contribution < -0.4 is 0 Å². The Hall–Kier alpha value is 0.470. The fourth-order valence-corrected chi connectivity index (χ4v) is 2.03. The molecule has 0 radical (unpaired) electrons. The SMILES string of the molecule is C=CC1CCC(I)CC1. The lowest BCUT2D eigenvalue weighted by atomic mass is 9.90. The summed E-state index contributed by atoms with van der Waals surface area (Å²) in [4.78, 5) is 0. The van der Waals surface area contributed by atoms with Crippen LogP contribution in [-0.2, 0) is 0 Å². The number of allylic oxidation sites excluding steroid dienone is 1. The van der Waals surface area contributed by atoms with Gasteiger partial charge in [-0.25, -0.2) is 0 Å². The zero-order valence-electron chi connectivity index (χ0n) is 5.65. The summed E-state index contributed by atoms with van der Waals surface area (Å²) in [6.07, 6.45) is 7.66. The number of hydrogen-bond acceptors (Lipinski definition) is 0. The van der Waals surface area contributed by atoms with E-state index in [1.807, 2.05) is 0 Å². The van der Waals surface area contributed by atoms with Gasteiger partial charge in [-0.15, -0.1) is 6.58 Å². The minimum Gasteiger partial charge on any atom is -0.103 e. The number of hydrogen-bond donors (Lipinski definition) is 0. The first-order valence-corrected chi connectivity index (χ1v) is 4.84. The Labute approximate surface area is 70.9 Å². The van der Waals surface area contributed by atoms with Crippen molar-refractivity contribution in [1.82, 2.24) is 0 Å². The molecule has 0 bridgehead atoms. The smallest absolute Gasteiger partial charge is 0.0110 e. The lowest BCUT2D eigenvalue weighted by Crippen LogP contribution is -2.11. The zero-order chi connectivity index (χ0) is 6.69. The Balaban J connectivity index is 2.26. The summed E-state index contributed by atoms with van der Waals surface area (Å²) in [5.74, 6) is 0.830. The Morgan fingerprint density at radius 3 is 2.22 bits per heavy atom. The third-order valence-corrected chi connectivity index (χ3v) is 3.28. The molecule has 0 unspecified atom stereocenters. The van der Waals surface area contributed by atoms with Crippen LogP contribution in [0.5, 0.6) is 0 Å². The quantitative estimate of drug-likeness (QED) is 0.372. The van der Waals surface area contributed by atoms with Crippen molar-refractivity contribution in [3.8, 4) is 0 Å². The molecule has 1 aliphatic carbocycles. The first-order valence-electron chi connectivity index (χ1n) is 3.59. The summed E-state index contributed by atoms with van der Waals surface area (Å²) >= 11 is 2.55. The Kier molecular flexibility index (Phi) is 3.02.